The fourth-order valence-corrected chi connectivity index (χ4v) is 2.72. The van der Waals surface area contributed by atoms with Crippen molar-refractivity contribution in [2.24, 2.45) is 17.6 Å². The van der Waals surface area contributed by atoms with Crippen molar-refractivity contribution < 1.29 is 9.84 Å². The molecule has 0 saturated heterocycles. The van der Waals surface area contributed by atoms with Crippen LogP contribution in [0.4, 0.5) is 0 Å². The molecule has 0 heterocycles. The predicted molar refractivity (Wildman–Crippen MR) is 72.8 cm³/mol. The summed E-state index contributed by atoms with van der Waals surface area (Å²) < 4.78 is 5.39. The number of aryl methyl sites for hydroxylation is 1. The Bertz CT molecular complexity index is 419. The van der Waals surface area contributed by atoms with Crippen LogP contribution in [0.15, 0.2) is 18.2 Å². The summed E-state index contributed by atoms with van der Waals surface area (Å²) in [6.45, 7) is 4.67. The summed E-state index contributed by atoms with van der Waals surface area (Å²) in [5.41, 5.74) is 8.08. The van der Waals surface area contributed by atoms with Crippen molar-refractivity contribution in [1.82, 2.24) is 0 Å². The van der Waals surface area contributed by atoms with Crippen molar-refractivity contribution in [1.29, 1.82) is 0 Å². The third-order valence-electron chi connectivity index (χ3n) is 4.06. The van der Waals surface area contributed by atoms with Crippen LogP contribution in [0.5, 0.6) is 5.75 Å². The minimum absolute atomic E-state index is 0.0326. The number of aliphatic hydroxyl groups excluding tert-OH is 1. The zero-order valence-electron chi connectivity index (χ0n) is 11.4. The van der Waals surface area contributed by atoms with Gasteiger partial charge in [-0.25, -0.2) is 0 Å². The lowest BCUT2D eigenvalue weighted by Crippen LogP contribution is -2.28. The Morgan fingerprint density at radius 1 is 1.50 bits per heavy atom. The molecule has 1 saturated carbocycles. The molecule has 0 amide bonds. The second kappa shape index (κ2) is 5.29. The van der Waals surface area contributed by atoms with Gasteiger partial charge in [0.05, 0.1) is 13.2 Å². The van der Waals surface area contributed by atoms with Gasteiger partial charge in [-0.05, 0) is 31.2 Å². The molecule has 0 aromatic heterocycles. The molecule has 3 heteroatoms. The predicted octanol–water partition coefficient (Wildman–Crippen LogP) is 2.06. The van der Waals surface area contributed by atoms with Crippen molar-refractivity contribution >= 4 is 0 Å². The lowest BCUT2D eigenvalue weighted by molar-refractivity contribution is 0.117. The standard InChI is InChI=1S/C15H23NO2/c1-9-4-5-14(18-3)12(6-9)13(8-16)15(17)11-7-10(11)2/h4-6,10-11,13,15,17H,7-8,16H2,1-3H3. The topological polar surface area (TPSA) is 55.5 Å². The van der Waals surface area contributed by atoms with E-state index >= 15 is 0 Å². The molecule has 100 valence electrons. The monoisotopic (exact) mass is 249 g/mol. The Kier molecular flexibility index (Phi) is 3.93. The number of rotatable bonds is 5. The summed E-state index contributed by atoms with van der Waals surface area (Å²) >= 11 is 0. The molecule has 2 rings (SSSR count). The fraction of sp³-hybridized carbons (Fsp3) is 0.600. The second-order valence-electron chi connectivity index (χ2n) is 5.46. The van der Waals surface area contributed by atoms with Gasteiger partial charge < -0.3 is 15.6 Å². The molecule has 3 N–H and O–H groups in total. The van der Waals surface area contributed by atoms with Gasteiger partial charge in [0.1, 0.15) is 5.75 Å². The molecule has 0 spiro atoms. The average Bonchev–Trinajstić information content (AvgIpc) is 3.07. The van der Waals surface area contributed by atoms with Crippen molar-refractivity contribution in [2.45, 2.75) is 32.3 Å². The molecule has 18 heavy (non-hydrogen) atoms. The Labute approximate surface area is 109 Å². The number of nitrogens with two attached hydrogens (primary N) is 1. The second-order valence-corrected chi connectivity index (χ2v) is 5.46. The Morgan fingerprint density at radius 2 is 2.17 bits per heavy atom. The van der Waals surface area contributed by atoms with Gasteiger partial charge in [0.25, 0.3) is 0 Å². The fourth-order valence-electron chi connectivity index (χ4n) is 2.72. The van der Waals surface area contributed by atoms with E-state index < -0.39 is 0 Å². The Hall–Kier alpha value is -1.06. The van der Waals surface area contributed by atoms with Crippen LogP contribution in [0.2, 0.25) is 0 Å². The lowest BCUT2D eigenvalue weighted by Gasteiger charge is -2.24. The molecule has 1 aliphatic rings. The van der Waals surface area contributed by atoms with Crippen molar-refractivity contribution in [3.63, 3.8) is 0 Å². The highest BCUT2D eigenvalue weighted by Crippen LogP contribution is 2.45. The first-order chi connectivity index (χ1) is 8.58. The van der Waals surface area contributed by atoms with Crippen LogP contribution >= 0.6 is 0 Å². The maximum Gasteiger partial charge on any atom is 0.122 e. The smallest absolute Gasteiger partial charge is 0.122 e. The van der Waals surface area contributed by atoms with Gasteiger partial charge in [-0.15, -0.1) is 0 Å². The maximum absolute atomic E-state index is 10.4. The van der Waals surface area contributed by atoms with E-state index in [1.54, 1.807) is 7.11 Å². The van der Waals surface area contributed by atoms with Crippen LogP contribution in [0.3, 0.4) is 0 Å². The van der Waals surface area contributed by atoms with E-state index in [1.807, 2.05) is 19.1 Å². The van der Waals surface area contributed by atoms with Crippen LogP contribution in [-0.4, -0.2) is 24.9 Å². The van der Waals surface area contributed by atoms with E-state index in [0.717, 1.165) is 17.7 Å². The first-order valence-electron chi connectivity index (χ1n) is 6.61. The highest BCUT2D eigenvalue weighted by molar-refractivity contribution is 5.40. The molecule has 4 unspecified atom stereocenters. The lowest BCUT2D eigenvalue weighted by atomic mass is 9.88. The number of benzene rings is 1. The number of ether oxygens (including phenoxy) is 1. The SMILES string of the molecule is COc1ccc(C)cc1C(CN)C(O)C1CC1C. The zero-order chi connectivity index (χ0) is 13.3. The van der Waals surface area contributed by atoms with Gasteiger partial charge in [-0.3, -0.25) is 0 Å². The van der Waals surface area contributed by atoms with Crippen molar-refractivity contribution in [2.75, 3.05) is 13.7 Å². The molecule has 4 atom stereocenters. The molecule has 0 radical (unpaired) electrons. The van der Waals surface area contributed by atoms with Gasteiger partial charge in [0.2, 0.25) is 0 Å². The van der Waals surface area contributed by atoms with Crippen molar-refractivity contribution in [3.05, 3.63) is 29.3 Å². The zero-order valence-corrected chi connectivity index (χ0v) is 11.4. The Balaban J connectivity index is 2.28. The molecule has 1 aliphatic carbocycles. The van der Waals surface area contributed by atoms with Gasteiger partial charge in [0.15, 0.2) is 0 Å². The van der Waals surface area contributed by atoms with E-state index in [1.165, 1.54) is 5.56 Å². The molecule has 1 aromatic carbocycles. The van der Waals surface area contributed by atoms with Crippen LogP contribution < -0.4 is 10.5 Å². The van der Waals surface area contributed by atoms with E-state index in [9.17, 15) is 5.11 Å². The third-order valence-corrected chi connectivity index (χ3v) is 4.06. The number of hydrogen-bond donors (Lipinski definition) is 2. The highest BCUT2D eigenvalue weighted by atomic mass is 16.5. The summed E-state index contributed by atoms with van der Waals surface area (Å²) in [5.74, 6) is 1.80. The molecular formula is C15H23NO2. The van der Waals surface area contributed by atoms with Crippen LogP contribution in [0.1, 0.15) is 30.4 Å². The third kappa shape index (κ3) is 2.52. The minimum Gasteiger partial charge on any atom is -0.496 e. The van der Waals surface area contributed by atoms with Crippen LogP contribution in [0.25, 0.3) is 0 Å². The molecule has 1 aromatic rings. The summed E-state index contributed by atoms with van der Waals surface area (Å²) in [6.07, 6.45) is 0.743. The number of methoxy groups -OCH3 is 1. The molecular weight excluding hydrogens is 226 g/mol. The highest BCUT2D eigenvalue weighted by Gasteiger charge is 2.42. The molecule has 1 fully saturated rings. The van der Waals surface area contributed by atoms with E-state index in [0.29, 0.717) is 18.4 Å². The summed E-state index contributed by atoms with van der Waals surface area (Å²) in [5, 5.41) is 10.4. The number of hydrogen-bond acceptors (Lipinski definition) is 3. The van der Waals surface area contributed by atoms with Gasteiger partial charge in [-0.2, -0.15) is 0 Å². The molecule has 0 aliphatic heterocycles. The summed E-state index contributed by atoms with van der Waals surface area (Å²) in [4.78, 5) is 0. The summed E-state index contributed by atoms with van der Waals surface area (Å²) in [7, 11) is 1.66. The van der Waals surface area contributed by atoms with Crippen LogP contribution in [0, 0.1) is 18.8 Å². The largest absolute Gasteiger partial charge is 0.496 e. The quantitative estimate of drug-likeness (QED) is 0.840. The number of aliphatic hydroxyl groups is 1. The van der Waals surface area contributed by atoms with Gasteiger partial charge in [-0.1, -0.05) is 24.6 Å². The molecule has 0 bridgehead atoms. The average molecular weight is 249 g/mol. The minimum atomic E-state index is -0.360. The van der Waals surface area contributed by atoms with E-state index in [-0.39, 0.29) is 12.0 Å². The van der Waals surface area contributed by atoms with Gasteiger partial charge >= 0.3 is 0 Å². The Morgan fingerprint density at radius 3 is 2.67 bits per heavy atom. The van der Waals surface area contributed by atoms with Crippen molar-refractivity contribution in [3.8, 4) is 5.75 Å². The van der Waals surface area contributed by atoms with Crippen LogP contribution in [-0.2, 0) is 0 Å². The summed E-state index contributed by atoms with van der Waals surface area (Å²) in [6, 6.07) is 6.05. The molecule has 3 nitrogen and oxygen atoms in total. The van der Waals surface area contributed by atoms with Gasteiger partial charge in [0, 0.05) is 18.0 Å². The normalized spacial score (nSPS) is 25.6. The maximum atomic E-state index is 10.4. The first-order valence-corrected chi connectivity index (χ1v) is 6.61. The first kappa shape index (κ1) is 13.4. The van der Waals surface area contributed by atoms with E-state index in [4.69, 9.17) is 10.5 Å². The van der Waals surface area contributed by atoms with E-state index in [2.05, 4.69) is 13.0 Å².